The number of nitrogens with zero attached hydrogens (tertiary/aromatic N) is 5. The summed E-state index contributed by atoms with van der Waals surface area (Å²) in [4.78, 5) is 32.4. The summed E-state index contributed by atoms with van der Waals surface area (Å²) in [5.74, 6) is 1.48. The zero-order chi connectivity index (χ0) is 31.8. The van der Waals surface area contributed by atoms with Crippen LogP contribution in [0.25, 0.3) is 11.1 Å². The second-order valence-corrected chi connectivity index (χ2v) is 16.4. The normalized spacial score (nSPS) is 25.4. The lowest BCUT2D eigenvalue weighted by Gasteiger charge is -2.61. The van der Waals surface area contributed by atoms with Crippen LogP contribution in [-0.4, -0.2) is 81.5 Å². The minimum absolute atomic E-state index is 0.168. The van der Waals surface area contributed by atoms with Crippen LogP contribution in [0.1, 0.15) is 104 Å². The Balaban J connectivity index is 0.917. The van der Waals surface area contributed by atoms with Crippen molar-refractivity contribution in [2.75, 3.05) is 31.1 Å². The molecule has 1 aromatic carbocycles. The number of hydrogen-bond acceptors (Lipinski definition) is 6. The Morgan fingerprint density at radius 2 is 1.70 bits per heavy atom. The third-order valence-electron chi connectivity index (χ3n) is 11.6. The number of aromatic nitrogens is 2. The molecule has 1 spiro atoms. The molecule has 2 amide bonds. The smallest absolute Gasteiger partial charge is 0.410 e. The van der Waals surface area contributed by atoms with Crippen molar-refractivity contribution in [2.45, 2.75) is 128 Å². The molecular formula is C37H51N5O4. The molecule has 46 heavy (non-hydrogen) atoms. The number of carbonyl (C=O) groups is 2. The third-order valence-corrected chi connectivity index (χ3v) is 11.6. The van der Waals surface area contributed by atoms with Gasteiger partial charge in [0.2, 0.25) is 5.91 Å². The average Bonchev–Trinajstić information content (AvgIpc) is 3.69. The van der Waals surface area contributed by atoms with Crippen molar-refractivity contribution in [3.8, 4) is 16.9 Å². The molecule has 248 valence electrons. The summed E-state index contributed by atoms with van der Waals surface area (Å²) in [5.41, 5.74) is 4.36. The zero-order valence-electron chi connectivity index (χ0n) is 28.2. The highest BCUT2D eigenvalue weighted by Gasteiger charge is 2.55. The molecule has 0 unspecified atom stereocenters. The molecule has 3 aliphatic heterocycles. The number of fused-ring (bicyclic) bond motifs is 1. The Morgan fingerprint density at radius 3 is 2.35 bits per heavy atom. The lowest BCUT2D eigenvalue weighted by molar-refractivity contribution is -0.120. The van der Waals surface area contributed by atoms with Gasteiger partial charge in [-0.2, -0.15) is 5.10 Å². The molecule has 1 atom stereocenters. The van der Waals surface area contributed by atoms with Crippen LogP contribution in [-0.2, 0) is 16.0 Å². The molecule has 9 heteroatoms. The highest BCUT2D eigenvalue weighted by Crippen LogP contribution is 2.51. The van der Waals surface area contributed by atoms with Crippen LogP contribution in [0.5, 0.6) is 5.75 Å². The van der Waals surface area contributed by atoms with Gasteiger partial charge in [-0.1, -0.05) is 0 Å². The number of benzene rings is 1. The number of likely N-dealkylation sites (tertiary alicyclic amines) is 2. The summed E-state index contributed by atoms with van der Waals surface area (Å²) in [6, 6.07) is 5.60. The summed E-state index contributed by atoms with van der Waals surface area (Å²) >= 11 is 0. The summed E-state index contributed by atoms with van der Waals surface area (Å²) in [5, 5.41) is 4.90. The molecule has 0 N–H and O–H groups in total. The monoisotopic (exact) mass is 629 g/mol. The molecule has 2 aromatic rings. The Labute approximate surface area is 273 Å². The fraction of sp³-hybridized carbons (Fsp3) is 0.703. The van der Waals surface area contributed by atoms with E-state index >= 15 is 0 Å². The topological polar surface area (TPSA) is 80.1 Å². The van der Waals surface area contributed by atoms with E-state index in [4.69, 9.17) is 14.6 Å². The summed E-state index contributed by atoms with van der Waals surface area (Å²) in [7, 11) is 0. The number of anilines is 1. The molecule has 1 aromatic heterocycles. The first kappa shape index (κ1) is 30.3. The van der Waals surface area contributed by atoms with Crippen LogP contribution < -0.4 is 9.64 Å². The average molecular weight is 630 g/mol. The predicted octanol–water partition coefficient (Wildman–Crippen LogP) is 6.60. The number of amides is 2. The van der Waals surface area contributed by atoms with Crippen LogP contribution >= 0.6 is 0 Å². The molecule has 5 fully saturated rings. The van der Waals surface area contributed by atoms with Gasteiger partial charge in [0.1, 0.15) is 11.4 Å². The molecular weight excluding hydrogens is 578 g/mol. The first-order chi connectivity index (χ1) is 22.1. The third kappa shape index (κ3) is 5.60. The Hall–Kier alpha value is -3.07. The zero-order valence-corrected chi connectivity index (χ0v) is 28.2. The van der Waals surface area contributed by atoms with Gasteiger partial charge in [-0.15, -0.1) is 0 Å². The maximum Gasteiger partial charge on any atom is 0.410 e. The van der Waals surface area contributed by atoms with Crippen LogP contribution in [0.2, 0.25) is 0 Å². The van der Waals surface area contributed by atoms with Gasteiger partial charge in [0.15, 0.2) is 0 Å². The van der Waals surface area contributed by atoms with Crippen molar-refractivity contribution in [1.29, 1.82) is 0 Å². The Bertz CT molecular complexity index is 1480. The number of ether oxygens (including phenoxy) is 2. The SMILES string of the molecule is C[C@H]1CCc2c(ccc(-c3cnn(C4CCN(C5CC6(C5)CN(C(=O)OC(C)(C)C)C6)CC4)c3)c2OC2CCC2)N1C(=O)C1CC1. The van der Waals surface area contributed by atoms with E-state index in [9.17, 15) is 9.59 Å². The fourth-order valence-corrected chi connectivity index (χ4v) is 8.55. The van der Waals surface area contributed by atoms with E-state index in [-0.39, 0.29) is 24.2 Å². The minimum atomic E-state index is -0.439. The van der Waals surface area contributed by atoms with Gasteiger partial charge >= 0.3 is 6.09 Å². The van der Waals surface area contributed by atoms with Crippen molar-refractivity contribution in [1.82, 2.24) is 19.6 Å². The largest absolute Gasteiger partial charge is 0.489 e. The quantitative estimate of drug-likeness (QED) is 0.359. The highest BCUT2D eigenvalue weighted by molar-refractivity contribution is 5.99. The molecule has 4 heterocycles. The van der Waals surface area contributed by atoms with Crippen molar-refractivity contribution >= 4 is 17.7 Å². The first-order valence-electron chi connectivity index (χ1n) is 18.0. The lowest BCUT2D eigenvalue weighted by atomic mass is 9.60. The predicted molar refractivity (Wildman–Crippen MR) is 177 cm³/mol. The van der Waals surface area contributed by atoms with E-state index in [1.165, 1.54) is 24.8 Å². The first-order valence-corrected chi connectivity index (χ1v) is 18.0. The molecule has 0 bridgehead atoms. The van der Waals surface area contributed by atoms with Gasteiger partial charge in [-0.3, -0.25) is 9.48 Å². The molecule has 3 saturated carbocycles. The van der Waals surface area contributed by atoms with Gasteiger partial charge < -0.3 is 24.2 Å². The van der Waals surface area contributed by atoms with Crippen LogP contribution in [0.4, 0.5) is 10.5 Å². The number of piperidine rings is 1. The number of carbonyl (C=O) groups excluding carboxylic acids is 2. The van der Waals surface area contributed by atoms with Gasteiger partial charge in [0.25, 0.3) is 0 Å². The molecule has 6 aliphatic rings. The van der Waals surface area contributed by atoms with E-state index in [0.29, 0.717) is 23.4 Å². The second-order valence-electron chi connectivity index (χ2n) is 16.4. The molecule has 2 saturated heterocycles. The number of hydrogen-bond donors (Lipinski definition) is 0. The van der Waals surface area contributed by atoms with Crippen LogP contribution in [0, 0.1) is 11.3 Å². The van der Waals surface area contributed by atoms with Gasteiger partial charge in [-0.25, -0.2) is 4.79 Å². The number of rotatable bonds is 6. The van der Waals surface area contributed by atoms with E-state index in [2.05, 4.69) is 39.7 Å². The Kier molecular flexibility index (Phi) is 7.42. The van der Waals surface area contributed by atoms with E-state index in [0.717, 1.165) is 100 Å². The molecule has 3 aliphatic carbocycles. The summed E-state index contributed by atoms with van der Waals surface area (Å²) in [6.45, 7) is 11.8. The van der Waals surface area contributed by atoms with Crippen molar-refractivity contribution in [3.63, 3.8) is 0 Å². The molecule has 9 nitrogen and oxygen atoms in total. The highest BCUT2D eigenvalue weighted by atomic mass is 16.6. The van der Waals surface area contributed by atoms with Crippen LogP contribution in [0.3, 0.4) is 0 Å². The maximum absolute atomic E-state index is 13.3. The molecule has 0 radical (unpaired) electrons. The van der Waals surface area contributed by atoms with Gasteiger partial charge in [-0.05, 0) is 110 Å². The summed E-state index contributed by atoms with van der Waals surface area (Å²) < 4.78 is 14.5. The summed E-state index contributed by atoms with van der Waals surface area (Å²) in [6.07, 6.45) is 16.3. The minimum Gasteiger partial charge on any atom is -0.489 e. The second kappa shape index (κ2) is 11.3. The Morgan fingerprint density at radius 1 is 0.957 bits per heavy atom. The van der Waals surface area contributed by atoms with E-state index in [1.807, 2.05) is 31.9 Å². The molecule has 8 rings (SSSR count). The standard InChI is InChI=1S/C37H51N5O4/c1-24-8-11-31-32(42(24)34(43)25-9-10-25)13-12-30(33(31)45-29-6-5-7-29)26-20-38-41(21-26)27-14-16-39(17-15-27)28-18-37(19-28)22-40(23-37)35(44)46-36(2,3)4/h12-13,20-21,24-25,27-29H,5-11,14-19,22-23H2,1-4H3/t24-/m0/s1. The van der Waals surface area contributed by atoms with Crippen molar-refractivity contribution in [2.24, 2.45) is 11.3 Å². The van der Waals surface area contributed by atoms with Crippen molar-refractivity contribution < 1.29 is 19.1 Å². The maximum atomic E-state index is 13.3. The van der Waals surface area contributed by atoms with Gasteiger partial charge in [0, 0.05) is 72.5 Å². The fourth-order valence-electron chi connectivity index (χ4n) is 8.55. The lowest BCUT2D eigenvalue weighted by Crippen LogP contribution is -2.68. The van der Waals surface area contributed by atoms with E-state index in [1.54, 1.807) is 0 Å². The van der Waals surface area contributed by atoms with E-state index < -0.39 is 5.60 Å². The van der Waals surface area contributed by atoms with Gasteiger partial charge in [0.05, 0.1) is 24.0 Å². The van der Waals surface area contributed by atoms with Crippen molar-refractivity contribution in [3.05, 3.63) is 30.1 Å². The van der Waals surface area contributed by atoms with Crippen LogP contribution in [0.15, 0.2) is 24.5 Å².